The Morgan fingerprint density at radius 2 is 1.69 bits per heavy atom. The largest absolute Gasteiger partial charge is 0.361 e. The van der Waals surface area contributed by atoms with Crippen LogP contribution >= 0.6 is 0 Å². The molecule has 1 nitrogen and oxygen atoms in total. The van der Waals surface area contributed by atoms with Crippen molar-refractivity contribution in [2.45, 2.75) is 0 Å². The minimum atomic E-state index is 1.20. The number of hydrogen-bond donors (Lipinski definition) is 1. The molecular weight excluding hydrogens is 158 g/mol. The van der Waals surface area contributed by atoms with Crippen molar-refractivity contribution in [3.05, 3.63) is 48.7 Å². The summed E-state index contributed by atoms with van der Waals surface area (Å²) in [5.41, 5.74) is 3.82. The van der Waals surface area contributed by atoms with Gasteiger partial charge in [-0.1, -0.05) is 30.3 Å². The molecule has 0 spiro atoms. The van der Waals surface area contributed by atoms with Gasteiger partial charge in [-0.15, -0.1) is 0 Å². The highest BCUT2D eigenvalue weighted by atomic mass is 14.7. The minimum Gasteiger partial charge on any atom is -0.361 e. The van der Waals surface area contributed by atoms with Crippen LogP contribution in [0.1, 0.15) is 0 Å². The van der Waals surface area contributed by atoms with Crippen LogP contribution in [-0.2, 0) is 0 Å². The Labute approximate surface area is 76.4 Å². The summed E-state index contributed by atoms with van der Waals surface area (Å²) in [4.78, 5) is 3.22. The predicted molar refractivity (Wildman–Crippen MR) is 54.9 cm³/mol. The van der Waals surface area contributed by atoms with Crippen LogP contribution in [0, 0.1) is 0 Å². The number of nitrogens with one attached hydrogen (secondary N) is 1. The molecule has 0 fully saturated rings. The second-order valence-corrected chi connectivity index (χ2v) is 3.23. The number of aromatic nitrogens is 1. The molecule has 0 bridgehead atoms. The zero-order valence-electron chi connectivity index (χ0n) is 7.12. The van der Waals surface area contributed by atoms with Crippen molar-refractivity contribution in [1.82, 2.24) is 4.98 Å². The molecule has 0 aromatic carbocycles. The quantitative estimate of drug-likeness (QED) is 0.529. The molecular formula is C12H9N. The lowest BCUT2D eigenvalue weighted by molar-refractivity contribution is 1.48. The first-order valence-corrected chi connectivity index (χ1v) is 4.40. The van der Waals surface area contributed by atoms with Crippen LogP contribution in [0.3, 0.4) is 0 Å². The molecule has 1 aromatic rings. The smallest absolute Gasteiger partial charge is 0.0460 e. The third kappa shape index (κ3) is 0.872. The molecule has 0 aliphatic heterocycles. The van der Waals surface area contributed by atoms with E-state index < -0.39 is 0 Å². The molecule has 2 aliphatic carbocycles. The average molecular weight is 167 g/mol. The summed E-state index contributed by atoms with van der Waals surface area (Å²) in [6.07, 6.45) is 1.98. The molecule has 3 rings (SSSR count). The van der Waals surface area contributed by atoms with Gasteiger partial charge in [-0.2, -0.15) is 0 Å². The summed E-state index contributed by atoms with van der Waals surface area (Å²) >= 11 is 0. The zero-order valence-corrected chi connectivity index (χ0v) is 7.12. The van der Waals surface area contributed by atoms with E-state index in [2.05, 4.69) is 47.4 Å². The second-order valence-electron chi connectivity index (χ2n) is 3.23. The molecule has 0 radical (unpaired) electrons. The molecule has 1 aromatic heterocycles. The van der Waals surface area contributed by atoms with Crippen molar-refractivity contribution in [3.63, 3.8) is 0 Å². The maximum absolute atomic E-state index is 3.22. The van der Waals surface area contributed by atoms with Gasteiger partial charge < -0.3 is 4.98 Å². The van der Waals surface area contributed by atoms with Crippen molar-refractivity contribution in [2.24, 2.45) is 0 Å². The van der Waals surface area contributed by atoms with Crippen LogP contribution in [0.25, 0.3) is 22.0 Å². The Balaban J connectivity index is 2.58. The monoisotopic (exact) mass is 167 g/mol. The fourth-order valence-electron chi connectivity index (χ4n) is 1.83. The first kappa shape index (κ1) is 6.72. The second kappa shape index (κ2) is 2.36. The Bertz CT molecular complexity index is 522. The molecule has 1 N–H and O–H groups in total. The molecule has 0 unspecified atom stereocenters. The molecule has 1 heterocycles. The first-order chi connectivity index (χ1) is 6.45. The molecule has 0 amide bonds. The normalized spacial score (nSPS) is 11.1. The Kier molecular flexibility index (Phi) is 1.22. The number of fused-ring (bicyclic) bond motifs is 3. The van der Waals surface area contributed by atoms with Gasteiger partial charge in [-0.25, -0.2) is 0 Å². The van der Waals surface area contributed by atoms with Crippen LogP contribution in [0.4, 0.5) is 0 Å². The van der Waals surface area contributed by atoms with Crippen LogP contribution in [0.5, 0.6) is 0 Å². The van der Waals surface area contributed by atoms with E-state index in [0.717, 1.165) is 0 Å². The van der Waals surface area contributed by atoms with E-state index in [1.165, 1.54) is 22.0 Å². The minimum absolute atomic E-state index is 1.20. The van der Waals surface area contributed by atoms with Gasteiger partial charge in [0.2, 0.25) is 0 Å². The molecule has 1 heteroatoms. The van der Waals surface area contributed by atoms with Crippen LogP contribution < -0.4 is 0 Å². The van der Waals surface area contributed by atoms with Gasteiger partial charge in [0.1, 0.15) is 0 Å². The van der Waals surface area contributed by atoms with E-state index in [1.54, 1.807) is 0 Å². The maximum Gasteiger partial charge on any atom is 0.0460 e. The maximum atomic E-state index is 3.22. The third-order valence-corrected chi connectivity index (χ3v) is 2.46. The van der Waals surface area contributed by atoms with Gasteiger partial charge in [-0.05, 0) is 23.3 Å². The third-order valence-electron chi connectivity index (χ3n) is 2.46. The van der Waals surface area contributed by atoms with Gasteiger partial charge in [0.15, 0.2) is 0 Å². The number of rotatable bonds is 0. The van der Waals surface area contributed by atoms with E-state index in [4.69, 9.17) is 0 Å². The molecule has 0 saturated carbocycles. The summed E-state index contributed by atoms with van der Waals surface area (Å²) in [6, 6.07) is 14.8. The summed E-state index contributed by atoms with van der Waals surface area (Å²) in [7, 11) is 0. The predicted octanol–water partition coefficient (Wildman–Crippen LogP) is 3.27. The van der Waals surface area contributed by atoms with Crippen LogP contribution in [0.15, 0.2) is 48.7 Å². The Morgan fingerprint density at radius 3 is 2.62 bits per heavy atom. The first-order valence-electron chi connectivity index (χ1n) is 4.40. The Morgan fingerprint density at radius 1 is 0.846 bits per heavy atom. The highest BCUT2D eigenvalue weighted by molar-refractivity contribution is 5.95. The molecule has 0 atom stereocenters. The number of hydrogen-bond acceptors (Lipinski definition) is 0. The van der Waals surface area contributed by atoms with Crippen LogP contribution in [0.2, 0.25) is 0 Å². The van der Waals surface area contributed by atoms with Crippen molar-refractivity contribution >= 4 is 10.9 Å². The van der Waals surface area contributed by atoms with Crippen molar-refractivity contribution < 1.29 is 0 Å². The van der Waals surface area contributed by atoms with Gasteiger partial charge >= 0.3 is 0 Å². The fraction of sp³-hybridized carbons (Fsp3) is 0. The topological polar surface area (TPSA) is 15.8 Å². The van der Waals surface area contributed by atoms with E-state index in [0.29, 0.717) is 0 Å². The van der Waals surface area contributed by atoms with E-state index in [9.17, 15) is 0 Å². The lowest BCUT2D eigenvalue weighted by Crippen LogP contribution is -1.65. The van der Waals surface area contributed by atoms with Gasteiger partial charge in [-0.3, -0.25) is 0 Å². The van der Waals surface area contributed by atoms with Crippen molar-refractivity contribution in [1.29, 1.82) is 0 Å². The highest BCUT2D eigenvalue weighted by Crippen LogP contribution is 2.29. The number of aromatic amines is 1. The summed E-state index contributed by atoms with van der Waals surface area (Å²) in [6.45, 7) is 0. The van der Waals surface area contributed by atoms with Crippen molar-refractivity contribution in [3.8, 4) is 11.1 Å². The lowest BCUT2D eigenvalue weighted by atomic mass is 10.1. The van der Waals surface area contributed by atoms with Gasteiger partial charge in [0, 0.05) is 17.1 Å². The summed E-state index contributed by atoms with van der Waals surface area (Å²) < 4.78 is 0. The average Bonchev–Trinajstić information content (AvgIpc) is 2.72. The standard InChI is InChI=1S/C12H9N/c1-3-9-4-2-6-12-11(7-8-13-12)10(9)5-1/h1-8,13H. The number of H-pyrrole nitrogens is 1. The highest BCUT2D eigenvalue weighted by Gasteiger charge is 2.04. The van der Waals surface area contributed by atoms with Gasteiger partial charge in [0.25, 0.3) is 0 Å². The fourth-order valence-corrected chi connectivity index (χ4v) is 1.83. The van der Waals surface area contributed by atoms with E-state index in [1.807, 2.05) is 6.20 Å². The molecule has 2 aliphatic rings. The lowest BCUT2D eigenvalue weighted by Gasteiger charge is -1.91. The molecule has 13 heavy (non-hydrogen) atoms. The Hall–Kier alpha value is -1.76. The van der Waals surface area contributed by atoms with E-state index in [-0.39, 0.29) is 0 Å². The van der Waals surface area contributed by atoms with Crippen LogP contribution in [-0.4, -0.2) is 4.98 Å². The SMILES string of the molecule is c1cc2cccc3[nH]ccc3c-2c1. The molecule has 62 valence electrons. The van der Waals surface area contributed by atoms with E-state index >= 15 is 0 Å². The summed E-state index contributed by atoms with van der Waals surface area (Å²) in [5.74, 6) is 0. The van der Waals surface area contributed by atoms with Crippen molar-refractivity contribution in [2.75, 3.05) is 0 Å². The summed E-state index contributed by atoms with van der Waals surface area (Å²) in [5, 5.41) is 1.30. The zero-order chi connectivity index (χ0) is 8.67. The molecule has 0 saturated heterocycles. The van der Waals surface area contributed by atoms with Gasteiger partial charge in [0.05, 0.1) is 0 Å².